The van der Waals surface area contributed by atoms with Crippen molar-refractivity contribution >= 4 is 12.0 Å². The van der Waals surface area contributed by atoms with Crippen molar-refractivity contribution in [3.05, 3.63) is 34.9 Å². The van der Waals surface area contributed by atoms with E-state index in [1.807, 2.05) is 6.07 Å². The fraction of sp³-hybridized carbons (Fsp3) is 0.467. The van der Waals surface area contributed by atoms with Crippen molar-refractivity contribution in [2.24, 2.45) is 0 Å². The van der Waals surface area contributed by atoms with Crippen LogP contribution in [0.4, 0.5) is 4.79 Å². The average molecular weight is 276 g/mol. The molecule has 0 saturated carbocycles. The van der Waals surface area contributed by atoms with Gasteiger partial charge in [0.25, 0.3) is 0 Å². The molecular formula is C15H20N2O3. The van der Waals surface area contributed by atoms with Crippen LogP contribution in [0.15, 0.2) is 18.2 Å². The number of nitrogens with one attached hydrogen (secondary N) is 2. The molecule has 1 aromatic rings. The highest BCUT2D eigenvalue weighted by Crippen LogP contribution is 2.22. The minimum absolute atomic E-state index is 0.398. The maximum absolute atomic E-state index is 11.7. The Hall–Kier alpha value is -2.04. The van der Waals surface area contributed by atoms with Gasteiger partial charge in [0, 0.05) is 6.54 Å². The second-order valence-electron chi connectivity index (χ2n) is 5.69. The van der Waals surface area contributed by atoms with Gasteiger partial charge in [-0.2, -0.15) is 0 Å². The number of fused-ring (bicyclic) bond motifs is 1. The monoisotopic (exact) mass is 276 g/mol. The van der Waals surface area contributed by atoms with E-state index in [1.165, 1.54) is 31.4 Å². The molecule has 2 amide bonds. The first-order chi connectivity index (χ1) is 9.38. The summed E-state index contributed by atoms with van der Waals surface area (Å²) in [6.45, 7) is 3.30. The highest BCUT2D eigenvalue weighted by molar-refractivity contribution is 5.85. The molecule has 0 saturated heterocycles. The number of carboxylic acid groups (broad SMARTS) is 1. The predicted octanol–water partition coefficient (Wildman–Crippen LogP) is 1.84. The molecule has 0 bridgehead atoms. The molecular weight excluding hydrogens is 256 g/mol. The molecule has 1 aromatic carbocycles. The van der Waals surface area contributed by atoms with E-state index in [1.54, 1.807) is 0 Å². The lowest BCUT2D eigenvalue weighted by Gasteiger charge is -2.21. The Kier molecular flexibility index (Phi) is 3.97. The fourth-order valence-electron chi connectivity index (χ4n) is 2.30. The fourth-order valence-corrected chi connectivity index (χ4v) is 2.30. The topological polar surface area (TPSA) is 78.4 Å². The molecule has 0 aliphatic heterocycles. The highest BCUT2D eigenvalue weighted by atomic mass is 16.4. The van der Waals surface area contributed by atoms with Crippen LogP contribution in [0.1, 0.15) is 37.0 Å². The summed E-state index contributed by atoms with van der Waals surface area (Å²) in [4.78, 5) is 22.6. The quantitative estimate of drug-likeness (QED) is 0.785. The lowest BCUT2D eigenvalue weighted by molar-refractivity contribution is -0.142. The van der Waals surface area contributed by atoms with Crippen molar-refractivity contribution in [3.63, 3.8) is 0 Å². The van der Waals surface area contributed by atoms with Gasteiger partial charge in [-0.1, -0.05) is 18.2 Å². The van der Waals surface area contributed by atoms with Gasteiger partial charge in [0.2, 0.25) is 0 Å². The maximum Gasteiger partial charge on any atom is 0.328 e. The zero-order valence-electron chi connectivity index (χ0n) is 11.8. The van der Waals surface area contributed by atoms with E-state index in [0.717, 1.165) is 18.4 Å². The van der Waals surface area contributed by atoms with Crippen molar-refractivity contribution in [1.29, 1.82) is 0 Å². The number of carboxylic acids is 1. The van der Waals surface area contributed by atoms with Crippen LogP contribution in [0.5, 0.6) is 0 Å². The van der Waals surface area contributed by atoms with Gasteiger partial charge in [0.05, 0.1) is 0 Å². The van der Waals surface area contributed by atoms with Crippen LogP contribution in [-0.4, -0.2) is 22.6 Å². The first-order valence-corrected chi connectivity index (χ1v) is 6.78. The van der Waals surface area contributed by atoms with E-state index in [0.29, 0.717) is 6.54 Å². The standard InChI is InChI=1S/C15H20N2O3/c1-15(2,13(18)19)17-14(20)16-9-10-6-7-11-4-3-5-12(11)8-10/h6-8H,3-5,9H2,1-2H3,(H,18,19)(H2,16,17,20). The summed E-state index contributed by atoms with van der Waals surface area (Å²) in [6.07, 6.45) is 3.43. The summed E-state index contributed by atoms with van der Waals surface area (Å²) in [6, 6.07) is 5.76. The van der Waals surface area contributed by atoms with Gasteiger partial charge in [-0.05, 0) is 49.8 Å². The minimum atomic E-state index is -1.28. The molecule has 20 heavy (non-hydrogen) atoms. The van der Waals surface area contributed by atoms with E-state index in [-0.39, 0.29) is 0 Å². The molecule has 0 fully saturated rings. The Morgan fingerprint density at radius 3 is 2.65 bits per heavy atom. The lowest BCUT2D eigenvalue weighted by Crippen LogP contribution is -2.52. The van der Waals surface area contributed by atoms with Crippen LogP contribution < -0.4 is 10.6 Å². The summed E-state index contributed by atoms with van der Waals surface area (Å²) in [5, 5.41) is 14.1. The van der Waals surface area contributed by atoms with Crippen molar-refractivity contribution in [3.8, 4) is 0 Å². The first-order valence-electron chi connectivity index (χ1n) is 6.78. The van der Waals surface area contributed by atoms with E-state index >= 15 is 0 Å². The molecule has 0 atom stereocenters. The molecule has 108 valence electrons. The average Bonchev–Trinajstić information content (AvgIpc) is 2.82. The van der Waals surface area contributed by atoms with Gasteiger partial charge in [0.1, 0.15) is 5.54 Å². The SMILES string of the molecule is CC(C)(NC(=O)NCc1ccc2c(c1)CCC2)C(=O)O. The van der Waals surface area contributed by atoms with Crippen LogP contribution in [0.25, 0.3) is 0 Å². The molecule has 1 aliphatic carbocycles. The second kappa shape index (κ2) is 5.53. The maximum atomic E-state index is 11.7. The number of carbonyl (C=O) groups is 2. The van der Waals surface area contributed by atoms with Gasteiger partial charge in [-0.3, -0.25) is 0 Å². The van der Waals surface area contributed by atoms with Gasteiger partial charge < -0.3 is 15.7 Å². The number of carbonyl (C=O) groups excluding carboxylic acids is 1. The Labute approximate surface area is 118 Å². The predicted molar refractivity (Wildman–Crippen MR) is 75.6 cm³/mol. The third-order valence-corrected chi connectivity index (χ3v) is 3.58. The summed E-state index contributed by atoms with van der Waals surface area (Å²) < 4.78 is 0. The number of hydrogen-bond donors (Lipinski definition) is 3. The van der Waals surface area contributed by atoms with Crippen molar-refractivity contribution in [2.75, 3.05) is 0 Å². The van der Waals surface area contributed by atoms with Crippen molar-refractivity contribution < 1.29 is 14.7 Å². The molecule has 0 unspecified atom stereocenters. The summed E-state index contributed by atoms with van der Waals surface area (Å²) in [5.74, 6) is -1.06. The van der Waals surface area contributed by atoms with Crippen LogP contribution in [-0.2, 0) is 24.2 Å². The molecule has 3 N–H and O–H groups in total. The summed E-state index contributed by atoms with van der Waals surface area (Å²) in [7, 11) is 0. The number of aryl methyl sites for hydroxylation is 2. The molecule has 0 radical (unpaired) electrons. The molecule has 0 heterocycles. The third kappa shape index (κ3) is 3.29. The number of benzene rings is 1. The Morgan fingerprint density at radius 1 is 1.25 bits per heavy atom. The number of amides is 2. The van der Waals surface area contributed by atoms with Crippen LogP contribution in [0, 0.1) is 0 Å². The van der Waals surface area contributed by atoms with Gasteiger partial charge in [-0.25, -0.2) is 9.59 Å². The van der Waals surface area contributed by atoms with Crippen LogP contribution in [0.2, 0.25) is 0 Å². The number of rotatable bonds is 4. The second-order valence-corrected chi connectivity index (χ2v) is 5.69. The van der Waals surface area contributed by atoms with Gasteiger partial charge >= 0.3 is 12.0 Å². The number of urea groups is 1. The number of hydrogen-bond acceptors (Lipinski definition) is 2. The molecule has 2 rings (SSSR count). The zero-order chi connectivity index (χ0) is 14.8. The Morgan fingerprint density at radius 2 is 1.95 bits per heavy atom. The first kappa shape index (κ1) is 14.4. The van der Waals surface area contributed by atoms with Crippen LogP contribution >= 0.6 is 0 Å². The zero-order valence-corrected chi connectivity index (χ0v) is 11.8. The Balaban J connectivity index is 1.89. The van der Waals surface area contributed by atoms with E-state index in [4.69, 9.17) is 5.11 Å². The largest absolute Gasteiger partial charge is 0.480 e. The van der Waals surface area contributed by atoms with Gasteiger partial charge in [0.15, 0.2) is 0 Å². The lowest BCUT2D eigenvalue weighted by atomic mass is 10.1. The van der Waals surface area contributed by atoms with Gasteiger partial charge in [-0.15, -0.1) is 0 Å². The van der Waals surface area contributed by atoms with E-state index < -0.39 is 17.5 Å². The van der Waals surface area contributed by atoms with Crippen molar-refractivity contribution in [2.45, 2.75) is 45.2 Å². The molecule has 0 spiro atoms. The molecule has 0 aromatic heterocycles. The van der Waals surface area contributed by atoms with E-state index in [2.05, 4.69) is 22.8 Å². The summed E-state index contributed by atoms with van der Waals surface area (Å²) in [5.41, 5.74) is 2.51. The molecule has 5 heteroatoms. The smallest absolute Gasteiger partial charge is 0.328 e. The Bertz CT molecular complexity index is 538. The third-order valence-electron chi connectivity index (χ3n) is 3.58. The summed E-state index contributed by atoms with van der Waals surface area (Å²) >= 11 is 0. The van der Waals surface area contributed by atoms with E-state index in [9.17, 15) is 9.59 Å². The molecule has 1 aliphatic rings. The van der Waals surface area contributed by atoms with Crippen molar-refractivity contribution in [1.82, 2.24) is 10.6 Å². The normalized spacial score (nSPS) is 13.7. The number of aliphatic carboxylic acids is 1. The highest BCUT2D eigenvalue weighted by Gasteiger charge is 2.28. The minimum Gasteiger partial charge on any atom is -0.480 e. The van der Waals surface area contributed by atoms with Crippen LogP contribution in [0.3, 0.4) is 0 Å². The molecule has 5 nitrogen and oxygen atoms in total.